The van der Waals surface area contributed by atoms with Gasteiger partial charge in [0.25, 0.3) is 0 Å². The second-order valence-electron chi connectivity index (χ2n) is 6.53. The summed E-state index contributed by atoms with van der Waals surface area (Å²) in [6.45, 7) is 1.50. The molecule has 0 unspecified atom stereocenters. The zero-order valence-corrected chi connectivity index (χ0v) is 17.7. The third-order valence-electron chi connectivity index (χ3n) is 4.31. The monoisotopic (exact) mass is 465 g/mol. The maximum atomic E-state index is 13.3. The number of nitrogens with two attached hydrogens (primary N) is 1. The van der Waals surface area contributed by atoms with E-state index in [0.29, 0.717) is 11.3 Å². The molecule has 0 aliphatic rings. The Hall–Kier alpha value is -3.54. The van der Waals surface area contributed by atoms with Gasteiger partial charge in [-0.3, -0.25) is 14.7 Å². The van der Waals surface area contributed by atoms with Crippen LogP contribution in [0, 0.1) is 0 Å². The number of imide groups is 1. The predicted octanol–water partition coefficient (Wildman–Crippen LogP) is 3.64. The van der Waals surface area contributed by atoms with Crippen LogP contribution in [0.15, 0.2) is 53.7 Å². The number of benzene rings is 2. The standard InChI is InChI=1S/C20H18F3N5O3S/c1-11(17(29)25-18(24)30)32-19-27-26-16(12-6-8-15(31-2)9-7-12)28(19)14-5-3-4-13(10-14)20(21,22)23/h3-11H,1-2H3,(H3,24,25,29,30)/t11-/m1/s1. The van der Waals surface area contributed by atoms with Gasteiger partial charge in [-0.25, -0.2) is 4.79 Å². The molecule has 1 atom stereocenters. The number of ether oxygens (including phenoxy) is 1. The maximum Gasteiger partial charge on any atom is 0.416 e. The van der Waals surface area contributed by atoms with Gasteiger partial charge in [0.2, 0.25) is 5.91 Å². The number of methoxy groups -OCH3 is 1. The summed E-state index contributed by atoms with van der Waals surface area (Å²) in [5, 5.41) is 9.48. The average Bonchev–Trinajstić information content (AvgIpc) is 3.16. The first-order valence-corrected chi connectivity index (χ1v) is 10.0. The summed E-state index contributed by atoms with van der Waals surface area (Å²) in [6, 6.07) is 10.4. The van der Waals surface area contributed by atoms with Crippen molar-refractivity contribution in [1.82, 2.24) is 20.1 Å². The van der Waals surface area contributed by atoms with E-state index in [2.05, 4.69) is 10.2 Å². The van der Waals surface area contributed by atoms with Crippen LogP contribution in [0.2, 0.25) is 0 Å². The van der Waals surface area contributed by atoms with Crippen LogP contribution < -0.4 is 15.8 Å². The van der Waals surface area contributed by atoms with Crippen molar-refractivity contribution < 1.29 is 27.5 Å². The van der Waals surface area contributed by atoms with E-state index in [-0.39, 0.29) is 16.7 Å². The number of halogens is 3. The Morgan fingerprint density at radius 2 is 1.84 bits per heavy atom. The molecule has 3 amide bonds. The van der Waals surface area contributed by atoms with Crippen molar-refractivity contribution in [3.63, 3.8) is 0 Å². The third-order valence-corrected chi connectivity index (χ3v) is 5.35. The van der Waals surface area contributed by atoms with Crippen LogP contribution in [0.25, 0.3) is 17.1 Å². The maximum absolute atomic E-state index is 13.3. The molecule has 1 aromatic heterocycles. The van der Waals surface area contributed by atoms with Gasteiger partial charge in [0, 0.05) is 5.56 Å². The first-order valence-electron chi connectivity index (χ1n) is 9.14. The Morgan fingerprint density at radius 1 is 1.16 bits per heavy atom. The number of rotatable bonds is 6. The van der Waals surface area contributed by atoms with Gasteiger partial charge >= 0.3 is 12.2 Å². The van der Waals surface area contributed by atoms with Gasteiger partial charge in [0.05, 0.1) is 23.6 Å². The van der Waals surface area contributed by atoms with Crippen LogP contribution >= 0.6 is 11.8 Å². The molecule has 2 aromatic carbocycles. The molecular formula is C20H18F3N5O3S. The van der Waals surface area contributed by atoms with Crippen molar-refractivity contribution in [3.8, 4) is 22.8 Å². The minimum absolute atomic E-state index is 0.153. The number of alkyl halides is 3. The summed E-state index contributed by atoms with van der Waals surface area (Å²) in [5.74, 6) is 0.175. The Morgan fingerprint density at radius 3 is 2.44 bits per heavy atom. The van der Waals surface area contributed by atoms with E-state index in [9.17, 15) is 22.8 Å². The molecule has 3 N–H and O–H groups in total. The van der Waals surface area contributed by atoms with Crippen molar-refractivity contribution in [2.75, 3.05) is 7.11 Å². The van der Waals surface area contributed by atoms with Crippen LogP contribution in [-0.2, 0) is 11.0 Å². The number of hydrogen-bond acceptors (Lipinski definition) is 6. The lowest BCUT2D eigenvalue weighted by Gasteiger charge is -2.15. The van der Waals surface area contributed by atoms with E-state index >= 15 is 0 Å². The number of carbonyl (C=O) groups is 2. The van der Waals surface area contributed by atoms with Gasteiger partial charge in [-0.1, -0.05) is 17.8 Å². The van der Waals surface area contributed by atoms with Crippen LogP contribution in [0.3, 0.4) is 0 Å². The second kappa shape index (κ2) is 9.30. The minimum atomic E-state index is -4.55. The van der Waals surface area contributed by atoms with Gasteiger partial charge in [-0.05, 0) is 49.4 Å². The molecule has 8 nitrogen and oxygen atoms in total. The summed E-state index contributed by atoms with van der Waals surface area (Å²) < 4.78 is 46.4. The van der Waals surface area contributed by atoms with Gasteiger partial charge in [0.15, 0.2) is 11.0 Å². The van der Waals surface area contributed by atoms with E-state index in [4.69, 9.17) is 10.5 Å². The van der Waals surface area contributed by atoms with E-state index in [1.807, 2.05) is 5.32 Å². The number of urea groups is 1. The van der Waals surface area contributed by atoms with E-state index in [1.165, 1.54) is 30.7 Å². The first kappa shape index (κ1) is 23.1. The molecule has 0 fully saturated rings. The third kappa shape index (κ3) is 5.19. The van der Waals surface area contributed by atoms with Crippen molar-refractivity contribution >= 4 is 23.7 Å². The highest BCUT2D eigenvalue weighted by Crippen LogP contribution is 2.34. The molecule has 1 heterocycles. The molecule has 32 heavy (non-hydrogen) atoms. The molecule has 168 valence electrons. The van der Waals surface area contributed by atoms with Gasteiger partial charge in [0.1, 0.15) is 5.75 Å². The van der Waals surface area contributed by atoms with Crippen LogP contribution in [-0.4, -0.2) is 39.1 Å². The fraction of sp³-hybridized carbons (Fsp3) is 0.200. The topological polar surface area (TPSA) is 112 Å². The van der Waals surface area contributed by atoms with Crippen molar-refractivity contribution in [3.05, 3.63) is 54.1 Å². The van der Waals surface area contributed by atoms with Gasteiger partial charge in [-0.15, -0.1) is 10.2 Å². The quantitative estimate of drug-likeness (QED) is 0.538. The second-order valence-corrected chi connectivity index (χ2v) is 7.84. The number of hydrogen-bond donors (Lipinski definition) is 2. The molecule has 0 saturated carbocycles. The normalized spacial score (nSPS) is 12.3. The minimum Gasteiger partial charge on any atom is -0.497 e. The lowest BCUT2D eigenvalue weighted by Crippen LogP contribution is -2.39. The SMILES string of the molecule is COc1ccc(-c2nnc(S[C@H](C)C(=O)NC(N)=O)n2-c2cccc(C(F)(F)F)c2)cc1. The number of amides is 3. The fourth-order valence-electron chi connectivity index (χ4n) is 2.76. The number of primary amides is 1. The van der Waals surface area contributed by atoms with Crippen molar-refractivity contribution in [1.29, 1.82) is 0 Å². The highest BCUT2D eigenvalue weighted by atomic mass is 32.2. The van der Waals surface area contributed by atoms with Gasteiger partial charge in [-0.2, -0.15) is 13.2 Å². The molecular weight excluding hydrogens is 447 g/mol. The molecule has 3 rings (SSSR count). The van der Waals surface area contributed by atoms with Gasteiger partial charge < -0.3 is 10.5 Å². The number of thioether (sulfide) groups is 1. The lowest BCUT2D eigenvalue weighted by molar-refractivity contribution is -0.137. The number of aromatic nitrogens is 3. The molecule has 0 spiro atoms. The zero-order valence-electron chi connectivity index (χ0n) is 16.9. The van der Waals surface area contributed by atoms with E-state index in [1.54, 1.807) is 24.3 Å². The van der Waals surface area contributed by atoms with Crippen molar-refractivity contribution in [2.45, 2.75) is 23.5 Å². The van der Waals surface area contributed by atoms with Crippen molar-refractivity contribution in [2.24, 2.45) is 5.73 Å². The summed E-state index contributed by atoms with van der Waals surface area (Å²) in [4.78, 5) is 23.0. The number of nitrogens with one attached hydrogen (secondary N) is 1. The van der Waals surface area contributed by atoms with E-state index < -0.39 is 28.9 Å². The summed E-state index contributed by atoms with van der Waals surface area (Å²) in [6.07, 6.45) is -4.55. The highest BCUT2D eigenvalue weighted by Gasteiger charge is 2.31. The van der Waals surface area contributed by atoms with Crippen LogP contribution in [0.1, 0.15) is 12.5 Å². The largest absolute Gasteiger partial charge is 0.497 e. The Bertz CT molecular complexity index is 1130. The summed E-state index contributed by atoms with van der Waals surface area (Å²) in [7, 11) is 1.51. The molecule has 3 aromatic rings. The molecule has 0 bridgehead atoms. The molecule has 0 aliphatic carbocycles. The smallest absolute Gasteiger partial charge is 0.416 e. The Kier molecular flexibility index (Phi) is 6.72. The number of nitrogens with zero attached hydrogens (tertiary/aromatic N) is 3. The highest BCUT2D eigenvalue weighted by molar-refractivity contribution is 8.00. The Labute approximate surface area is 185 Å². The Balaban J connectivity index is 2.09. The predicted molar refractivity (Wildman–Crippen MR) is 111 cm³/mol. The molecule has 0 aliphatic heterocycles. The zero-order chi connectivity index (χ0) is 23.5. The molecule has 12 heteroatoms. The summed E-state index contributed by atoms with van der Waals surface area (Å²) in [5.41, 5.74) is 4.85. The molecule has 0 saturated heterocycles. The van der Waals surface area contributed by atoms with Crippen LogP contribution in [0.5, 0.6) is 5.75 Å². The lowest BCUT2D eigenvalue weighted by atomic mass is 10.1. The first-order chi connectivity index (χ1) is 15.1. The average molecular weight is 465 g/mol. The molecule has 0 radical (unpaired) electrons. The van der Waals surface area contributed by atoms with Crippen LogP contribution in [0.4, 0.5) is 18.0 Å². The fourth-order valence-corrected chi connectivity index (χ4v) is 3.63. The number of carbonyl (C=O) groups excluding carboxylic acids is 2. The van der Waals surface area contributed by atoms with E-state index in [0.717, 1.165) is 23.9 Å². The summed E-state index contributed by atoms with van der Waals surface area (Å²) >= 11 is 0.915.